The molecule has 2 heterocycles. The van der Waals surface area contributed by atoms with Crippen LogP contribution in [0.25, 0.3) is 10.9 Å². The lowest BCUT2D eigenvalue weighted by Gasteiger charge is -2.26. The highest BCUT2D eigenvalue weighted by Gasteiger charge is 2.25. The largest absolute Gasteiger partial charge is 0.452 e. The van der Waals surface area contributed by atoms with E-state index in [9.17, 15) is 19.7 Å². The van der Waals surface area contributed by atoms with Gasteiger partial charge in [0.15, 0.2) is 6.61 Å². The summed E-state index contributed by atoms with van der Waals surface area (Å²) in [6.45, 7) is 0.953. The van der Waals surface area contributed by atoms with Gasteiger partial charge in [0.25, 0.3) is 11.6 Å². The molecule has 31 heavy (non-hydrogen) atoms. The topological polar surface area (TPSA) is 115 Å². The Balaban J connectivity index is 1.51. The molecular weight excluding hydrogens is 400 g/mol. The van der Waals surface area contributed by atoms with Gasteiger partial charge in [-0.2, -0.15) is 0 Å². The molecule has 0 spiro atoms. The first-order valence-corrected chi connectivity index (χ1v) is 9.73. The number of rotatable bonds is 5. The zero-order valence-electron chi connectivity index (χ0n) is 16.8. The molecule has 1 amide bonds. The first-order valence-electron chi connectivity index (χ1n) is 9.73. The van der Waals surface area contributed by atoms with Gasteiger partial charge in [-0.3, -0.25) is 19.9 Å². The Bertz CT molecular complexity index is 1180. The standard InChI is InChI=1S/C22H20N4O5/c1-25-11-10-19-17(12-25)21(16-4-2-3-5-18(16)24-19)22(28)31-13-20(27)23-14-6-8-15(9-7-14)26(29)30/h2-9H,10-13H2,1H3,(H,23,27). The summed E-state index contributed by atoms with van der Waals surface area (Å²) in [6.07, 6.45) is 0.734. The second-order valence-electron chi connectivity index (χ2n) is 7.35. The fraction of sp³-hybridized carbons (Fsp3) is 0.227. The molecule has 0 fully saturated rings. The van der Waals surface area contributed by atoms with Gasteiger partial charge in [0.2, 0.25) is 0 Å². The van der Waals surface area contributed by atoms with Crippen LogP contribution >= 0.6 is 0 Å². The number of nitrogens with one attached hydrogen (secondary N) is 1. The van der Waals surface area contributed by atoms with Crippen LogP contribution in [0.4, 0.5) is 11.4 Å². The normalized spacial score (nSPS) is 13.5. The molecule has 4 rings (SSSR count). The number of nitro benzene ring substituents is 1. The molecule has 158 valence electrons. The number of anilines is 1. The number of carbonyl (C=O) groups is 2. The van der Waals surface area contributed by atoms with Gasteiger partial charge < -0.3 is 15.0 Å². The van der Waals surface area contributed by atoms with Gasteiger partial charge in [-0.25, -0.2) is 4.79 Å². The maximum atomic E-state index is 13.0. The molecule has 0 radical (unpaired) electrons. The number of fused-ring (bicyclic) bond motifs is 2. The van der Waals surface area contributed by atoms with Crippen LogP contribution in [0.2, 0.25) is 0 Å². The Hall–Kier alpha value is -3.85. The van der Waals surface area contributed by atoms with Crippen LogP contribution in [0.3, 0.4) is 0 Å². The van der Waals surface area contributed by atoms with E-state index in [-0.39, 0.29) is 5.69 Å². The fourth-order valence-electron chi connectivity index (χ4n) is 3.63. The third-order valence-corrected chi connectivity index (χ3v) is 5.14. The Morgan fingerprint density at radius 2 is 1.94 bits per heavy atom. The van der Waals surface area contributed by atoms with Crippen molar-refractivity contribution in [3.8, 4) is 0 Å². The summed E-state index contributed by atoms with van der Waals surface area (Å²) in [4.78, 5) is 42.2. The molecule has 9 heteroatoms. The van der Waals surface area contributed by atoms with E-state index in [2.05, 4.69) is 10.2 Å². The lowest BCUT2D eigenvalue weighted by Crippen LogP contribution is -2.30. The predicted octanol–water partition coefficient (Wildman–Crippen LogP) is 2.93. The number of amides is 1. The number of hydrogen-bond acceptors (Lipinski definition) is 7. The number of carbonyl (C=O) groups excluding carboxylic acids is 2. The number of hydrogen-bond donors (Lipinski definition) is 1. The monoisotopic (exact) mass is 420 g/mol. The Labute approximate surface area is 177 Å². The highest BCUT2D eigenvalue weighted by atomic mass is 16.6. The molecule has 1 aliphatic heterocycles. The second-order valence-corrected chi connectivity index (χ2v) is 7.35. The van der Waals surface area contributed by atoms with E-state index in [1.807, 2.05) is 31.3 Å². The maximum Gasteiger partial charge on any atom is 0.339 e. The molecule has 0 saturated carbocycles. The third kappa shape index (κ3) is 4.36. The molecule has 1 aromatic heterocycles. The highest BCUT2D eigenvalue weighted by Crippen LogP contribution is 2.28. The van der Waals surface area contributed by atoms with Crippen LogP contribution in [-0.4, -0.2) is 46.9 Å². The molecular formula is C22H20N4O5. The van der Waals surface area contributed by atoms with E-state index >= 15 is 0 Å². The first kappa shape index (κ1) is 20.4. The van der Waals surface area contributed by atoms with Crippen LogP contribution in [0.1, 0.15) is 21.6 Å². The molecule has 0 aliphatic carbocycles. The Kier molecular flexibility index (Phi) is 5.59. The van der Waals surface area contributed by atoms with Crippen molar-refractivity contribution in [1.29, 1.82) is 0 Å². The minimum absolute atomic E-state index is 0.0799. The smallest absolute Gasteiger partial charge is 0.339 e. The molecule has 9 nitrogen and oxygen atoms in total. The molecule has 1 aliphatic rings. The molecule has 0 atom stereocenters. The van der Waals surface area contributed by atoms with E-state index in [0.717, 1.165) is 24.2 Å². The summed E-state index contributed by atoms with van der Waals surface area (Å²) in [6, 6.07) is 12.8. The number of nitro groups is 1. The second kappa shape index (κ2) is 8.49. The average Bonchev–Trinajstić information content (AvgIpc) is 2.76. The van der Waals surface area contributed by atoms with Gasteiger partial charge in [0, 0.05) is 54.0 Å². The lowest BCUT2D eigenvalue weighted by atomic mass is 9.96. The van der Waals surface area contributed by atoms with E-state index in [1.54, 1.807) is 0 Å². The van der Waals surface area contributed by atoms with Crippen LogP contribution < -0.4 is 5.32 Å². The van der Waals surface area contributed by atoms with Crippen LogP contribution in [-0.2, 0) is 22.5 Å². The highest BCUT2D eigenvalue weighted by molar-refractivity contribution is 6.06. The van der Waals surface area contributed by atoms with Crippen molar-refractivity contribution in [1.82, 2.24) is 9.88 Å². The van der Waals surface area contributed by atoms with Gasteiger partial charge in [-0.1, -0.05) is 18.2 Å². The minimum atomic E-state index is -0.580. The summed E-state index contributed by atoms with van der Waals surface area (Å²) in [5.74, 6) is -1.12. The molecule has 0 bridgehead atoms. The van der Waals surface area contributed by atoms with Crippen molar-refractivity contribution < 1.29 is 19.2 Å². The summed E-state index contributed by atoms with van der Waals surface area (Å²) < 4.78 is 5.33. The minimum Gasteiger partial charge on any atom is -0.452 e. The number of benzene rings is 2. The number of non-ortho nitro benzene ring substituents is 1. The van der Waals surface area contributed by atoms with Crippen molar-refractivity contribution in [3.63, 3.8) is 0 Å². The van der Waals surface area contributed by atoms with Gasteiger partial charge >= 0.3 is 5.97 Å². The first-order chi connectivity index (χ1) is 14.9. The van der Waals surface area contributed by atoms with Crippen LogP contribution in [0.15, 0.2) is 48.5 Å². The molecule has 1 N–H and O–H groups in total. The van der Waals surface area contributed by atoms with Crippen molar-refractivity contribution in [3.05, 3.63) is 75.5 Å². The van der Waals surface area contributed by atoms with Crippen LogP contribution in [0, 0.1) is 10.1 Å². The van der Waals surface area contributed by atoms with E-state index in [4.69, 9.17) is 9.72 Å². The fourth-order valence-corrected chi connectivity index (χ4v) is 3.63. The van der Waals surface area contributed by atoms with Gasteiger partial charge in [-0.05, 0) is 25.2 Å². The average molecular weight is 420 g/mol. The predicted molar refractivity (Wildman–Crippen MR) is 114 cm³/mol. The number of para-hydroxylation sites is 1. The SMILES string of the molecule is CN1CCc2nc3ccccc3c(C(=O)OCC(=O)Nc3ccc([N+](=O)[O-])cc3)c2C1. The third-order valence-electron chi connectivity index (χ3n) is 5.14. The number of aromatic nitrogens is 1. The number of pyridine rings is 1. The molecule has 0 saturated heterocycles. The van der Waals surface area contributed by atoms with Crippen molar-refractivity contribution in [2.75, 3.05) is 25.5 Å². The molecule has 3 aromatic rings. The summed E-state index contributed by atoms with van der Waals surface area (Å²) in [5.41, 5.74) is 3.15. The van der Waals surface area contributed by atoms with E-state index in [0.29, 0.717) is 28.7 Å². The molecule has 2 aromatic carbocycles. The maximum absolute atomic E-state index is 13.0. The number of esters is 1. The lowest BCUT2D eigenvalue weighted by molar-refractivity contribution is -0.384. The summed E-state index contributed by atoms with van der Waals surface area (Å²) in [7, 11) is 1.98. The number of nitrogens with zero attached hydrogens (tertiary/aromatic N) is 3. The zero-order chi connectivity index (χ0) is 22.0. The molecule has 0 unspecified atom stereocenters. The number of likely N-dealkylation sites (N-methyl/N-ethyl adjacent to an activating group) is 1. The Morgan fingerprint density at radius 3 is 2.68 bits per heavy atom. The Morgan fingerprint density at radius 1 is 1.19 bits per heavy atom. The van der Waals surface area contributed by atoms with Crippen LogP contribution in [0.5, 0.6) is 0 Å². The van der Waals surface area contributed by atoms with Crippen molar-refractivity contribution >= 4 is 34.2 Å². The van der Waals surface area contributed by atoms with Gasteiger partial charge in [0.05, 0.1) is 16.0 Å². The van der Waals surface area contributed by atoms with Gasteiger partial charge in [-0.15, -0.1) is 0 Å². The summed E-state index contributed by atoms with van der Waals surface area (Å²) in [5, 5.41) is 14.0. The zero-order valence-corrected chi connectivity index (χ0v) is 16.8. The van der Waals surface area contributed by atoms with E-state index < -0.39 is 23.4 Å². The van der Waals surface area contributed by atoms with E-state index in [1.165, 1.54) is 24.3 Å². The van der Waals surface area contributed by atoms with Gasteiger partial charge in [0.1, 0.15) is 0 Å². The quantitative estimate of drug-likeness (QED) is 0.383. The van der Waals surface area contributed by atoms with Crippen molar-refractivity contribution in [2.45, 2.75) is 13.0 Å². The van der Waals surface area contributed by atoms with Crippen molar-refractivity contribution in [2.24, 2.45) is 0 Å². The summed E-state index contributed by atoms with van der Waals surface area (Å²) >= 11 is 0. The number of ether oxygens (including phenoxy) is 1.